The van der Waals surface area contributed by atoms with Crippen molar-refractivity contribution in [3.63, 3.8) is 0 Å². The Kier molecular flexibility index (Phi) is 6.57. The Balaban J connectivity index is 1.66. The van der Waals surface area contributed by atoms with Crippen LogP contribution in [-0.2, 0) is 4.79 Å². The molecule has 1 heterocycles. The lowest BCUT2D eigenvalue weighted by Gasteiger charge is -2.12. The summed E-state index contributed by atoms with van der Waals surface area (Å²) in [5.74, 6) is 1.35. The van der Waals surface area contributed by atoms with Crippen LogP contribution in [0.4, 0.5) is 0 Å². The Labute approximate surface area is 176 Å². The normalized spacial score (nSPS) is 15.1. The first-order valence-corrected chi connectivity index (χ1v) is 10.3. The number of carbonyl (C=O) groups excluding carboxylic acids is 1. The van der Waals surface area contributed by atoms with E-state index in [1.54, 1.807) is 6.08 Å². The second kappa shape index (κ2) is 8.91. The highest BCUT2D eigenvalue weighted by atomic mass is 79.9. The van der Waals surface area contributed by atoms with E-state index < -0.39 is 0 Å². The van der Waals surface area contributed by atoms with Gasteiger partial charge in [-0.15, -0.1) is 0 Å². The molecule has 4 nitrogen and oxygen atoms in total. The number of rotatable bonds is 6. The highest BCUT2D eigenvalue weighted by molar-refractivity contribution is 9.10. The number of aryl methyl sites for hydroxylation is 2. The first-order valence-electron chi connectivity index (χ1n) is 8.29. The van der Waals surface area contributed by atoms with Crippen molar-refractivity contribution >= 4 is 56.2 Å². The summed E-state index contributed by atoms with van der Waals surface area (Å²) in [4.78, 5) is 12.4. The Hall–Kier alpha value is -1.83. The van der Waals surface area contributed by atoms with Gasteiger partial charge < -0.3 is 14.8 Å². The Morgan fingerprint density at radius 3 is 2.48 bits per heavy atom. The molecule has 1 saturated heterocycles. The van der Waals surface area contributed by atoms with Gasteiger partial charge in [-0.05, 0) is 49.8 Å². The van der Waals surface area contributed by atoms with Crippen molar-refractivity contribution in [2.75, 3.05) is 13.2 Å². The fraction of sp³-hybridized carbons (Fsp3) is 0.200. The van der Waals surface area contributed by atoms with Crippen molar-refractivity contribution in [2.45, 2.75) is 13.8 Å². The SMILES string of the molecule is Cc1ccc(OCCOc2ccc(Br)cc2/C=C2\SC(=S)NC2=O)c(C)c1. The van der Waals surface area contributed by atoms with Gasteiger partial charge in [0.1, 0.15) is 29.0 Å². The zero-order valence-corrected chi connectivity index (χ0v) is 18.1. The number of carbonyl (C=O) groups is 1. The number of thiocarbonyl (C=S) groups is 1. The van der Waals surface area contributed by atoms with Crippen molar-refractivity contribution in [3.05, 3.63) is 62.5 Å². The average molecular weight is 464 g/mol. The summed E-state index contributed by atoms with van der Waals surface area (Å²) >= 11 is 9.74. The lowest BCUT2D eigenvalue weighted by Crippen LogP contribution is -2.17. The van der Waals surface area contributed by atoms with Crippen molar-refractivity contribution < 1.29 is 14.3 Å². The molecule has 1 aliphatic rings. The van der Waals surface area contributed by atoms with Crippen molar-refractivity contribution in [1.82, 2.24) is 5.32 Å². The summed E-state index contributed by atoms with van der Waals surface area (Å²) in [5, 5.41) is 2.62. The molecule has 2 aromatic carbocycles. The molecule has 2 aromatic rings. The van der Waals surface area contributed by atoms with E-state index in [0.29, 0.717) is 28.2 Å². The van der Waals surface area contributed by atoms with E-state index in [-0.39, 0.29) is 5.91 Å². The number of hydrogen-bond donors (Lipinski definition) is 1. The minimum Gasteiger partial charge on any atom is -0.490 e. The number of benzene rings is 2. The van der Waals surface area contributed by atoms with Gasteiger partial charge in [0.25, 0.3) is 5.91 Å². The van der Waals surface area contributed by atoms with E-state index in [1.807, 2.05) is 37.3 Å². The molecule has 0 unspecified atom stereocenters. The van der Waals surface area contributed by atoms with Crippen LogP contribution in [0.2, 0.25) is 0 Å². The topological polar surface area (TPSA) is 47.6 Å². The fourth-order valence-electron chi connectivity index (χ4n) is 2.59. The molecular formula is C20H18BrNO3S2. The second-order valence-corrected chi connectivity index (χ2v) is 8.63. The fourth-order valence-corrected chi connectivity index (χ4v) is 4.00. The smallest absolute Gasteiger partial charge is 0.263 e. The first-order chi connectivity index (χ1) is 12.9. The maximum absolute atomic E-state index is 11.9. The third-order valence-corrected chi connectivity index (χ3v) is 5.49. The molecule has 7 heteroatoms. The van der Waals surface area contributed by atoms with Crippen LogP contribution in [-0.4, -0.2) is 23.4 Å². The number of thioether (sulfide) groups is 1. The minimum atomic E-state index is -0.186. The van der Waals surface area contributed by atoms with Crippen molar-refractivity contribution in [1.29, 1.82) is 0 Å². The number of amides is 1. The third-order valence-electron chi connectivity index (χ3n) is 3.83. The van der Waals surface area contributed by atoms with E-state index in [1.165, 1.54) is 17.3 Å². The molecule has 0 saturated carbocycles. The number of nitrogens with one attached hydrogen (secondary N) is 1. The molecule has 0 atom stereocenters. The van der Waals surface area contributed by atoms with Crippen LogP contribution in [0.3, 0.4) is 0 Å². The molecule has 0 aromatic heterocycles. The average Bonchev–Trinajstić information content (AvgIpc) is 2.92. The third kappa shape index (κ3) is 5.34. The van der Waals surface area contributed by atoms with Crippen LogP contribution in [0.1, 0.15) is 16.7 Å². The highest BCUT2D eigenvalue weighted by Gasteiger charge is 2.22. The summed E-state index contributed by atoms with van der Waals surface area (Å²) in [6.45, 7) is 4.90. The molecule has 27 heavy (non-hydrogen) atoms. The highest BCUT2D eigenvalue weighted by Crippen LogP contribution is 2.31. The molecule has 1 aliphatic heterocycles. The molecule has 3 rings (SSSR count). The van der Waals surface area contributed by atoms with Crippen molar-refractivity contribution in [2.24, 2.45) is 0 Å². The van der Waals surface area contributed by atoms with E-state index in [0.717, 1.165) is 21.3 Å². The maximum atomic E-state index is 11.9. The molecule has 1 amide bonds. The van der Waals surface area contributed by atoms with Gasteiger partial charge in [-0.3, -0.25) is 4.79 Å². The van der Waals surface area contributed by atoms with Gasteiger partial charge in [0.15, 0.2) is 0 Å². The van der Waals surface area contributed by atoms with Gasteiger partial charge in [-0.25, -0.2) is 0 Å². The van der Waals surface area contributed by atoms with Gasteiger partial charge >= 0.3 is 0 Å². The maximum Gasteiger partial charge on any atom is 0.263 e. The summed E-state index contributed by atoms with van der Waals surface area (Å²) in [6, 6.07) is 11.8. The molecular weight excluding hydrogens is 446 g/mol. The monoisotopic (exact) mass is 463 g/mol. The van der Waals surface area contributed by atoms with Gasteiger partial charge in [-0.2, -0.15) is 0 Å². The van der Waals surface area contributed by atoms with Gasteiger partial charge in [0.05, 0.1) is 4.91 Å². The molecule has 1 fully saturated rings. The van der Waals surface area contributed by atoms with Gasteiger partial charge in [0.2, 0.25) is 0 Å². The molecule has 1 N–H and O–H groups in total. The number of halogens is 1. The van der Waals surface area contributed by atoms with Crippen LogP contribution < -0.4 is 14.8 Å². The van der Waals surface area contributed by atoms with Crippen LogP contribution in [0.5, 0.6) is 11.5 Å². The Morgan fingerprint density at radius 1 is 1.11 bits per heavy atom. The summed E-state index contributed by atoms with van der Waals surface area (Å²) in [5.41, 5.74) is 3.11. The second-order valence-electron chi connectivity index (χ2n) is 6.00. The molecule has 0 aliphatic carbocycles. The van der Waals surface area contributed by atoms with Crippen LogP contribution in [0.15, 0.2) is 45.8 Å². The Bertz CT molecular complexity index is 927. The number of ether oxygens (including phenoxy) is 2. The van der Waals surface area contributed by atoms with Gasteiger partial charge in [-0.1, -0.05) is 57.6 Å². The predicted octanol–water partition coefficient (Wildman–Crippen LogP) is 5.01. The van der Waals surface area contributed by atoms with E-state index in [9.17, 15) is 4.79 Å². The zero-order valence-electron chi connectivity index (χ0n) is 14.9. The van der Waals surface area contributed by atoms with Gasteiger partial charge in [0, 0.05) is 10.0 Å². The summed E-state index contributed by atoms with van der Waals surface area (Å²) in [7, 11) is 0. The van der Waals surface area contributed by atoms with Crippen LogP contribution >= 0.6 is 39.9 Å². The van der Waals surface area contributed by atoms with E-state index >= 15 is 0 Å². The lowest BCUT2D eigenvalue weighted by atomic mass is 10.1. The lowest BCUT2D eigenvalue weighted by molar-refractivity contribution is -0.115. The zero-order chi connectivity index (χ0) is 19.4. The minimum absolute atomic E-state index is 0.186. The molecule has 0 bridgehead atoms. The first kappa shape index (κ1) is 19.9. The molecule has 0 spiro atoms. The summed E-state index contributed by atoms with van der Waals surface area (Å²) < 4.78 is 13.1. The summed E-state index contributed by atoms with van der Waals surface area (Å²) in [6.07, 6.45) is 1.78. The Morgan fingerprint density at radius 2 is 1.81 bits per heavy atom. The molecule has 140 valence electrons. The van der Waals surface area contributed by atoms with Crippen molar-refractivity contribution in [3.8, 4) is 11.5 Å². The number of hydrogen-bond acceptors (Lipinski definition) is 5. The standard InChI is InChI=1S/C20H18BrNO3S2/c1-12-3-5-16(13(2)9-12)24-7-8-25-17-6-4-15(21)10-14(17)11-18-19(23)22-20(26)27-18/h3-6,9-11H,7-8H2,1-2H3,(H,22,23,26)/b18-11-. The van der Waals surface area contributed by atoms with Crippen LogP contribution in [0.25, 0.3) is 6.08 Å². The largest absolute Gasteiger partial charge is 0.490 e. The van der Waals surface area contributed by atoms with E-state index in [2.05, 4.69) is 34.2 Å². The molecule has 0 radical (unpaired) electrons. The van der Waals surface area contributed by atoms with E-state index in [4.69, 9.17) is 21.7 Å². The quantitative estimate of drug-likeness (QED) is 0.370. The van der Waals surface area contributed by atoms with Crippen LogP contribution in [0, 0.1) is 13.8 Å². The predicted molar refractivity (Wildman–Crippen MR) is 117 cm³/mol.